The summed E-state index contributed by atoms with van der Waals surface area (Å²) < 4.78 is 38.7. The zero-order valence-electron chi connectivity index (χ0n) is 11.2. The van der Waals surface area contributed by atoms with E-state index in [-0.39, 0.29) is 0 Å². The molecule has 7 heteroatoms. The number of aryl methyl sites for hydroxylation is 2. The molecule has 3 nitrogen and oxygen atoms in total. The first kappa shape index (κ1) is 15.3. The largest absolute Gasteiger partial charge is 0.417 e. The van der Waals surface area contributed by atoms with Crippen LogP contribution in [0.4, 0.5) is 13.2 Å². The second-order valence-electron chi connectivity index (χ2n) is 4.35. The fraction of sp³-hybridized carbons (Fsp3) is 0.214. The molecule has 0 radical (unpaired) electrons. The van der Waals surface area contributed by atoms with Crippen LogP contribution in [0.1, 0.15) is 22.5 Å². The molecule has 1 aromatic heterocycles. The summed E-state index contributed by atoms with van der Waals surface area (Å²) in [5.74, 6) is 0. The molecular weight excluding hydrogens is 299 g/mol. The molecule has 0 unspecified atom stereocenters. The van der Waals surface area contributed by atoms with Crippen LogP contribution >= 0.6 is 11.8 Å². The number of hydrogen-bond acceptors (Lipinski definition) is 4. The van der Waals surface area contributed by atoms with Gasteiger partial charge >= 0.3 is 6.18 Å². The minimum Gasteiger partial charge on any atom is -0.228 e. The van der Waals surface area contributed by atoms with E-state index < -0.39 is 17.3 Å². The summed E-state index contributed by atoms with van der Waals surface area (Å²) in [4.78, 5) is 8.68. The van der Waals surface area contributed by atoms with Crippen molar-refractivity contribution < 1.29 is 13.2 Å². The number of halogens is 3. The third kappa shape index (κ3) is 3.73. The van der Waals surface area contributed by atoms with Gasteiger partial charge in [-0.05, 0) is 49.9 Å². The van der Waals surface area contributed by atoms with Crippen LogP contribution in [0.5, 0.6) is 0 Å². The van der Waals surface area contributed by atoms with E-state index in [0.717, 1.165) is 35.3 Å². The standard InChI is InChI=1S/C14H10F3N3S/c1-8-5-9(2)20-13(19-8)21-11-4-3-10(7-18)12(6-11)14(15,16)17/h3-6H,1-2H3. The van der Waals surface area contributed by atoms with E-state index in [1.54, 1.807) is 26.0 Å². The Morgan fingerprint density at radius 2 is 1.71 bits per heavy atom. The minimum atomic E-state index is -4.56. The molecular formula is C14H10F3N3S. The van der Waals surface area contributed by atoms with Gasteiger partial charge < -0.3 is 0 Å². The number of hydrogen-bond donors (Lipinski definition) is 0. The van der Waals surface area contributed by atoms with Gasteiger partial charge in [0.25, 0.3) is 0 Å². The highest BCUT2D eigenvalue weighted by Crippen LogP contribution is 2.35. The van der Waals surface area contributed by atoms with Crippen LogP contribution in [0.2, 0.25) is 0 Å². The Bertz CT molecular complexity index is 700. The first-order valence-electron chi connectivity index (χ1n) is 5.91. The lowest BCUT2D eigenvalue weighted by atomic mass is 10.1. The summed E-state index contributed by atoms with van der Waals surface area (Å²) in [5.41, 5.74) is 0.150. The highest BCUT2D eigenvalue weighted by molar-refractivity contribution is 7.99. The van der Waals surface area contributed by atoms with Gasteiger partial charge in [-0.1, -0.05) is 0 Å². The Morgan fingerprint density at radius 1 is 1.10 bits per heavy atom. The van der Waals surface area contributed by atoms with Gasteiger partial charge in [0.1, 0.15) is 0 Å². The molecule has 0 bridgehead atoms. The second kappa shape index (κ2) is 5.74. The number of alkyl halides is 3. The fourth-order valence-corrected chi connectivity index (χ4v) is 2.67. The predicted octanol–water partition coefficient (Wildman–Crippen LogP) is 4.14. The molecule has 2 aromatic rings. The van der Waals surface area contributed by atoms with Crippen molar-refractivity contribution in [2.24, 2.45) is 0 Å². The van der Waals surface area contributed by atoms with E-state index in [1.165, 1.54) is 6.07 Å². The molecule has 1 aromatic carbocycles. The Hall–Kier alpha value is -2.07. The number of aromatic nitrogens is 2. The van der Waals surface area contributed by atoms with Gasteiger partial charge in [-0.3, -0.25) is 0 Å². The fourth-order valence-electron chi connectivity index (χ4n) is 1.76. The molecule has 0 saturated carbocycles. The van der Waals surface area contributed by atoms with Crippen LogP contribution in [0, 0.1) is 25.2 Å². The number of benzene rings is 1. The molecule has 0 amide bonds. The first-order chi connectivity index (χ1) is 9.79. The predicted molar refractivity (Wildman–Crippen MR) is 71.8 cm³/mol. The Kier molecular flexibility index (Phi) is 4.19. The Balaban J connectivity index is 2.40. The molecule has 0 aliphatic rings. The molecule has 108 valence electrons. The average Bonchev–Trinajstić information content (AvgIpc) is 2.36. The van der Waals surface area contributed by atoms with Crippen molar-refractivity contribution >= 4 is 11.8 Å². The lowest BCUT2D eigenvalue weighted by Crippen LogP contribution is -2.07. The zero-order chi connectivity index (χ0) is 15.6. The third-order valence-electron chi connectivity index (χ3n) is 2.59. The molecule has 1 heterocycles. The third-order valence-corrected chi connectivity index (χ3v) is 3.44. The maximum absolute atomic E-state index is 12.9. The normalized spacial score (nSPS) is 11.2. The number of nitrogens with zero attached hydrogens (tertiary/aromatic N) is 3. The summed E-state index contributed by atoms with van der Waals surface area (Å²) in [6.45, 7) is 3.58. The quantitative estimate of drug-likeness (QED) is 0.782. The summed E-state index contributed by atoms with van der Waals surface area (Å²) >= 11 is 1.03. The van der Waals surface area contributed by atoms with Gasteiger partial charge in [0, 0.05) is 16.3 Å². The monoisotopic (exact) mass is 309 g/mol. The second-order valence-corrected chi connectivity index (χ2v) is 5.39. The van der Waals surface area contributed by atoms with Gasteiger partial charge in [-0.15, -0.1) is 0 Å². The van der Waals surface area contributed by atoms with Crippen molar-refractivity contribution in [3.05, 3.63) is 46.8 Å². The average molecular weight is 309 g/mol. The zero-order valence-corrected chi connectivity index (χ0v) is 12.0. The number of nitriles is 1. The maximum Gasteiger partial charge on any atom is 0.417 e. The molecule has 2 rings (SSSR count). The molecule has 21 heavy (non-hydrogen) atoms. The van der Waals surface area contributed by atoms with E-state index in [2.05, 4.69) is 9.97 Å². The summed E-state index contributed by atoms with van der Waals surface area (Å²) in [5, 5.41) is 9.13. The Morgan fingerprint density at radius 3 is 2.24 bits per heavy atom. The summed E-state index contributed by atoms with van der Waals surface area (Å²) in [6, 6.07) is 6.90. The van der Waals surface area contributed by atoms with Gasteiger partial charge in [0.15, 0.2) is 5.16 Å². The lowest BCUT2D eigenvalue weighted by Gasteiger charge is -2.10. The molecule has 0 atom stereocenters. The number of rotatable bonds is 2. The summed E-state index contributed by atoms with van der Waals surface area (Å²) in [7, 11) is 0. The molecule has 0 aliphatic carbocycles. The van der Waals surface area contributed by atoms with E-state index in [1.807, 2.05) is 0 Å². The van der Waals surface area contributed by atoms with Crippen LogP contribution in [0.15, 0.2) is 34.3 Å². The van der Waals surface area contributed by atoms with Gasteiger partial charge in [-0.2, -0.15) is 18.4 Å². The minimum absolute atomic E-state index is 0.339. The molecule has 0 aliphatic heterocycles. The smallest absolute Gasteiger partial charge is 0.228 e. The van der Waals surface area contributed by atoms with Crippen molar-refractivity contribution in [3.63, 3.8) is 0 Å². The van der Waals surface area contributed by atoms with Crippen LogP contribution in [-0.4, -0.2) is 9.97 Å². The maximum atomic E-state index is 12.9. The van der Waals surface area contributed by atoms with E-state index >= 15 is 0 Å². The topological polar surface area (TPSA) is 49.6 Å². The van der Waals surface area contributed by atoms with Crippen molar-refractivity contribution in [1.29, 1.82) is 5.26 Å². The molecule has 0 N–H and O–H groups in total. The lowest BCUT2D eigenvalue weighted by molar-refractivity contribution is -0.137. The van der Waals surface area contributed by atoms with Crippen molar-refractivity contribution in [1.82, 2.24) is 9.97 Å². The van der Waals surface area contributed by atoms with Crippen LogP contribution < -0.4 is 0 Å². The molecule has 0 spiro atoms. The van der Waals surface area contributed by atoms with E-state index in [4.69, 9.17) is 5.26 Å². The summed E-state index contributed by atoms with van der Waals surface area (Å²) in [6.07, 6.45) is -4.56. The van der Waals surface area contributed by atoms with Gasteiger partial charge in [0.05, 0.1) is 17.2 Å². The van der Waals surface area contributed by atoms with E-state index in [0.29, 0.717) is 10.1 Å². The van der Waals surface area contributed by atoms with Crippen molar-refractivity contribution in [2.75, 3.05) is 0 Å². The van der Waals surface area contributed by atoms with Crippen molar-refractivity contribution in [2.45, 2.75) is 30.1 Å². The molecule has 0 fully saturated rings. The van der Waals surface area contributed by atoms with Crippen molar-refractivity contribution in [3.8, 4) is 6.07 Å². The van der Waals surface area contributed by atoms with Gasteiger partial charge in [0.2, 0.25) is 0 Å². The van der Waals surface area contributed by atoms with Crippen LogP contribution in [-0.2, 0) is 6.18 Å². The highest BCUT2D eigenvalue weighted by Gasteiger charge is 2.33. The highest BCUT2D eigenvalue weighted by atomic mass is 32.2. The van der Waals surface area contributed by atoms with Gasteiger partial charge in [-0.25, -0.2) is 9.97 Å². The SMILES string of the molecule is Cc1cc(C)nc(Sc2ccc(C#N)c(C(F)(F)F)c2)n1. The van der Waals surface area contributed by atoms with E-state index in [9.17, 15) is 13.2 Å². The first-order valence-corrected chi connectivity index (χ1v) is 6.73. The molecule has 0 saturated heterocycles. The van der Waals surface area contributed by atoms with Crippen LogP contribution in [0.3, 0.4) is 0 Å². The Labute approximate surface area is 123 Å². The van der Waals surface area contributed by atoms with Crippen LogP contribution in [0.25, 0.3) is 0 Å².